The lowest BCUT2D eigenvalue weighted by atomic mass is 9.96. The molecule has 0 aromatic heterocycles. The van der Waals surface area contributed by atoms with E-state index in [-0.39, 0.29) is 5.91 Å². The van der Waals surface area contributed by atoms with Crippen molar-refractivity contribution in [1.29, 1.82) is 0 Å². The van der Waals surface area contributed by atoms with Gasteiger partial charge in [0.2, 0.25) is 5.91 Å². The monoisotopic (exact) mass is 187 g/mol. The van der Waals surface area contributed by atoms with Crippen LogP contribution in [-0.2, 0) is 4.79 Å². The number of carbonyl (C=O) groups excluding carboxylic acids is 1. The van der Waals surface area contributed by atoms with E-state index in [9.17, 15) is 4.79 Å². The minimum atomic E-state index is -0.733. The summed E-state index contributed by atoms with van der Waals surface area (Å²) in [7, 11) is 0. The van der Waals surface area contributed by atoms with Gasteiger partial charge >= 0.3 is 0 Å². The summed E-state index contributed by atoms with van der Waals surface area (Å²) < 4.78 is 0. The molecule has 1 atom stereocenters. The van der Waals surface area contributed by atoms with Crippen LogP contribution < -0.4 is 16.8 Å². The standard InChI is InChI=1S/C9H21N3O/c1-3-5-9(2,11)8(13)12-7-4-6-10/h3-7,10-11H2,1-2H3,(H,12,13). The smallest absolute Gasteiger partial charge is 0.239 e. The van der Waals surface area contributed by atoms with Gasteiger partial charge in [-0.2, -0.15) is 0 Å². The van der Waals surface area contributed by atoms with Crippen molar-refractivity contribution in [3.8, 4) is 0 Å². The third kappa shape index (κ3) is 4.85. The van der Waals surface area contributed by atoms with Crippen molar-refractivity contribution in [3.05, 3.63) is 0 Å². The summed E-state index contributed by atoms with van der Waals surface area (Å²) in [5.74, 6) is -0.0807. The molecule has 0 saturated carbocycles. The number of carbonyl (C=O) groups is 1. The topological polar surface area (TPSA) is 81.1 Å². The molecule has 0 spiro atoms. The maximum absolute atomic E-state index is 11.5. The first-order valence-electron chi connectivity index (χ1n) is 4.82. The summed E-state index contributed by atoms with van der Waals surface area (Å²) in [5, 5.41) is 2.76. The number of nitrogens with two attached hydrogens (primary N) is 2. The number of hydrogen-bond donors (Lipinski definition) is 3. The number of nitrogens with one attached hydrogen (secondary N) is 1. The highest BCUT2D eigenvalue weighted by Crippen LogP contribution is 2.07. The number of hydrogen-bond acceptors (Lipinski definition) is 3. The molecule has 78 valence electrons. The SMILES string of the molecule is CCCC(C)(N)C(=O)NCCCN. The molecule has 0 fully saturated rings. The van der Waals surface area contributed by atoms with Crippen molar-refractivity contribution >= 4 is 5.91 Å². The predicted molar refractivity (Wildman–Crippen MR) is 54.2 cm³/mol. The van der Waals surface area contributed by atoms with Gasteiger partial charge in [-0.3, -0.25) is 4.79 Å². The van der Waals surface area contributed by atoms with E-state index in [0.29, 0.717) is 19.5 Å². The first kappa shape index (κ1) is 12.4. The van der Waals surface area contributed by atoms with Gasteiger partial charge in [0.1, 0.15) is 0 Å². The fourth-order valence-electron chi connectivity index (χ4n) is 1.14. The third-order valence-electron chi connectivity index (χ3n) is 1.95. The molecule has 0 radical (unpaired) electrons. The molecule has 0 rings (SSSR count). The van der Waals surface area contributed by atoms with E-state index in [1.807, 2.05) is 6.92 Å². The predicted octanol–water partition coefficient (Wildman–Crippen LogP) is -0.0311. The first-order chi connectivity index (χ1) is 6.04. The fraction of sp³-hybridized carbons (Fsp3) is 0.889. The number of amides is 1. The molecule has 1 unspecified atom stereocenters. The summed E-state index contributed by atoms with van der Waals surface area (Å²) in [4.78, 5) is 11.5. The van der Waals surface area contributed by atoms with Gasteiger partial charge < -0.3 is 16.8 Å². The molecule has 4 heteroatoms. The van der Waals surface area contributed by atoms with E-state index >= 15 is 0 Å². The third-order valence-corrected chi connectivity index (χ3v) is 1.95. The lowest BCUT2D eigenvalue weighted by molar-refractivity contribution is -0.126. The molecule has 0 bridgehead atoms. The van der Waals surface area contributed by atoms with E-state index in [4.69, 9.17) is 11.5 Å². The molecule has 0 aliphatic heterocycles. The van der Waals surface area contributed by atoms with Crippen LogP contribution >= 0.6 is 0 Å². The van der Waals surface area contributed by atoms with E-state index in [1.165, 1.54) is 0 Å². The lowest BCUT2D eigenvalue weighted by Gasteiger charge is -2.22. The normalized spacial score (nSPS) is 15.1. The zero-order valence-electron chi connectivity index (χ0n) is 8.60. The van der Waals surface area contributed by atoms with Crippen LogP contribution in [0.2, 0.25) is 0 Å². The summed E-state index contributed by atoms with van der Waals surface area (Å²) in [6.07, 6.45) is 2.42. The molecule has 0 aliphatic carbocycles. The summed E-state index contributed by atoms with van der Waals surface area (Å²) in [6.45, 7) is 4.98. The highest BCUT2D eigenvalue weighted by atomic mass is 16.2. The lowest BCUT2D eigenvalue weighted by Crippen LogP contribution is -2.51. The maximum Gasteiger partial charge on any atom is 0.239 e. The Morgan fingerprint density at radius 3 is 2.62 bits per heavy atom. The molecule has 13 heavy (non-hydrogen) atoms. The van der Waals surface area contributed by atoms with Gasteiger partial charge in [0, 0.05) is 6.54 Å². The summed E-state index contributed by atoms with van der Waals surface area (Å²) in [5.41, 5.74) is 10.4. The van der Waals surface area contributed by atoms with Gasteiger partial charge in [-0.25, -0.2) is 0 Å². The zero-order valence-corrected chi connectivity index (χ0v) is 8.60. The van der Waals surface area contributed by atoms with Crippen LogP contribution in [0.5, 0.6) is 0 Å². The zero-order chi connectivity index (χ0) is 10.3. The Hall–Kier alpha value is -0.610. The average molecular weight is 187 g/mol. The molecule has 4 nitrogen and oxygen atoms in total. The van der Waals surface area contributed by atoms with E-state index in [1.54, 1.807) is 6.92 Å². The highest BCUT2D eigenvalue weighted by molar-refractivity contribution is 5.85. The maximum atomic E-state index is 11.5. The Morgan fingerprint density at radius 2 is 2.15 bits per heavy atom. The molecule has 5 N–H and O–H groups in total. The Balaban J connectivity index is 3.80. The van der Waals surface area contributed by atoms with Crippen LogP contribution in [0.25, 0.3) is 0 Å². The molecular formula is C9H21N3O. The molecule has 0 heterocycles. The van der Waals surface area contributed by atoms with Crippen molar-refractivity contribution < 1.29 is 4.79 Å². The molecular weight excluding hydrogens is 166 g/mol. The Labute approximate surface area is 80.0 Å². The Bertz CT molecular complexity index is 157. The van der Waals surface area contributed by atoms with Crippen molar-refractivity contribution in [2.45, 2.75) is 38.6 Å². The van der Waals surface area contributed by atoms with Crippen LogP contribution in [0.3, 0.4) is 0 Å². The average Bonchev–Trinajstić information content (AvgIpc) is 2.04. The van der Waals surface area contributed by atoms with Crippen LogP contribution in [-0.4, -0.2) is 24.5 Å². The van der Waals surface area contributed by atoms with Gasteiger partial charge in [0.25, 0.3) is 0 Å². The van der Waals surface area contributed by atoms with E-state index < -0.39 is 5.54 Å². The van der Waals surface area contributed by atoms with Gasteiger partial charge in [0.15, 0.2) is 0 Å². The number of rotatable bonds is 6. The molecule has 0 aromatic rings. The van der Waals surface area contributed by atoms with Crippen molar-refractivity contribution in [3.63, 3.8) is 0 Å². The van der Waals surface area contributed by atoms with E-state index in [0.717, 1.165) is 12.8 Å². The molecule has 1 amide bonds. The Morgan fingerprint density at radius 1 is 1.54 bits per heavy atom. The molecule has 0 aromatic carbocycles. The molecule has 0 aliphatic rings. The largest absolute Gasteiger partial charge is 0.354 e. The van der Waals surface area contributed by atoms with Crippen LogP contribution in [0.1, 0.15) is 33.1 Å². The second-order valence-electron chi connectivity index (χ2n) is 3.57. The fourth-order valence-corrected chi connectivity index (χ4v) is 1.14. The minimum absolute atomic E-state index is 0.0807. The van der Waals surface area contributed by atoms with Crippen LogP contribution in [0.15, 0.2) is 0 Å². The summed E-state index contributed by atoms with van der Waals surface area (Å²) >= 11 is 0. The van der Waals surface area contributed by atoms with Crippen molar-refractivity contribution in [2.24, 2.45) is 11.5 Å². The second-order valence-corrected chi connectivity index (χ2v) is 3.57. The van der Waals surface area contributed by atoms with Gasteiger partial charge in [-0.15, -0.1) is 0 Å². The van der Waals surface area contributed by atoms with Crippen LogP contribution in [0.4, 0.5) is 0 Å². The minimum Gasteiger partial charge on any atom is -0.354 e. The first-order valence-corrected chi connectivity index (χ1v) is 4.82. The second kappa shape index (κ2) is 5.94. The highest BCUT2D eigenvalue weighted by Gasteiger charge is 2.26. The Kier molecular flexibility index (Phi) is 5.66. The quantitative estimate of drug-likeness (QED) is 0.511. The van der Waals surface area contributed by atoms with E-state index in [2.05, 4.69) is 5.32 Å². The van der Waals surface area contributed by atoms with Gasteiger partial charge in [-0.1, -0.05) is 13.3 Å². The van der Waals surface area contributed by atoms with Crippen molar-refractivity contribution in [1.82, 2.24) is 5.32 Å². The molecule has 0 saturated heterocycles. The van der Waals surface area contributed by atoms with Gasteiger partial charge in [-0.05, 0) is 26.3 Å². The van der Waals surface area contributed by atoms with Gasteiger partial charge in [0.05, 0.1) is 5.54 Å². The van der Waals surface area contributed by atoms with Crippen LogP contribution in [0, 0.1) is 0 Å². The summed E-state index contributed by atoms with van der Waals surface area (Å²) in [6, 6.07) is 0. The van der Waals surface area contributed by atoms with Crippen molar-refractivity contribution in [2.75, 3.05) is 13.1 Å².